The van der Waals surface area contributed by atoms with Crippen LogP contribution in [0, 0.1) is 5.92 Å². The van der Waals surface area contributed by atoms with Crippen molar-refractivity contribution < 1.29 is 0 Å². The molecular formula is C55H44N4. The van der Waals surface area contributed by atoms with E-state index in [1.54, 1.807) is 0 Å². The predicted octanol–water partition coefficient (Wildman–Crippen LogP) is 13.2. The number of anilines is 1. The summed E-state index contributed by atoms with van der Waals surface area (Å²) >= 11 is 0. The molecule has 1 atom stereocenters. The van der Waals surface area contributed by atoms with Crippen LogP contribution in [0.15, 0.2) is 168 Å². The van der Waals surface area contributed by atoms with Gasteiger partial charge in [-0.1, -0.05) is 135 Å². The van der Waals surface area contributed by atoms with Gasteiger partial charge in [-0.15, -0.1) is 0 Å². The molecule has 3 aliphatic rings. The molecule has 0 spiro atoms. The molecule has 0 saturated carbocycles. The first kappa shape index (κ1) is 34.2. The number of para-hydroxylation sites is 2. The maximum Gasteiger partial charge on any atom is 0.115 e. The van der Waals surface area contributed by atoms with Gasteiger partial charge in [0.15, 0.2) is 0 Å². The van der Waals surface area contributed by atoms with E-state index in [1.165, 1.54) is 83.5 Å². The van der Waals surface area contributed by atoms with Gasteiger partial charge in [-0.05, 0) is 112 Å². The number of aliphatic imine (C=N–C) groups is 1. The maximum absolute atomic E-state index is 6.80. The van der Waals surface area contributed by atoms with E-state index in [1.807, 2.05) is 12.1 Å². The molecule has 0 aliphatic heterocycles. The molecule has 9 aromatic rings. The summed E-state index contributed by atoms with van der Waals surface area (Å²) in [6, 6.07) is 53.2. The molecule has 2 heterocycles. The first-order valence-corrected chi connectivity index (χ1v) is 21.0. The van der Waals surface area contributed by atoms with Crippen LogP contribution in [0.25, 0.3) is 66.4 Å². The topological polar surface area (TPSA) is 48.2 Å². The molecule has 284 valence electrons. The van der Waals surface area contributed by atoms with Gasteiger partial charge in [0, 0.05) is 44.1 Å². The fraction of sp³-hybridized carbons (Fsp3) is 0.145. The van der Waals surface area contributed by atoms with Crippen molar-refractivity contribution in [1.82, 2.24) is 9.13 Å². The number of hydrogen-bond donors (Lipinski definition) is 1. The van der Waals surface area contributed by atoms with Gasteiger partial charge in [-0.25, -0.2) is 0 Å². The summed E-state index contributed by atoms with van der Waals surface area (Å²) < 4.78 is 4.92. The van der Waals surface area contributed by atoms with Gasteiger partial charge in [0.25, 0.3) is 0 Å². The number of allylic oxidation sites excluding steroid dienone is 3. The summed E-state index contributed by atoms with van der Waals surface area (Å²) in [5.74, 6) is 0.586. The minimum absolute atomic E-state index is 0.0768. The third-order valence-electron chi connectivity index (χ3n) is 13.7. The van der Waals surface area contributed by atoms with Crippen LogP contribution in [0.5, 0.6) is 0 Å². The lowest BCUT2D eigenvalue weighted by atomic mass is 9.80. The lowest BCUT2D eigenvalue weighted by Crippen LogP contribution is -2.15. The van der Waals surface area contributed by atoms with Crippen LogP contribution < -0.4 is 5.73 Å². The van der Waals surface area contributed by atoms with Gasteiger partial charge in [-0.2, -0.15) is 0 Å². The Bertz CT molecular complexity index is 3330. The average molecular weight is 761 g/mol. The number of nitrogens with two attached hydrogens (primary N) is 1. The second-order valence-electron chi connectivity index (χ2n) is 17.2. The van der Waals surface area contributed by atoms with E-state index in [0.717, 1.165) is 46.6 Å². The third-order valence-corrected chi connectivity index (χ3v) is 13.7. The first-order chi connectivity index (χ1) is 28.9. The zero-order chi connectivity index (χ0) is 39.4. The number of hydrogen-bond acceptors (Lipinski definition) is 2. The minimum Gasteiger partial charge on any atom is -0.398 e. The van der Waals surface area contributed by atoms with Crippen molar-refractivity contribution in [2.75, 3.05) is 5.73 Å². The first-order valence-electron chi connectivity index (χ1n) is 21.0. The molecule has 4 heteroatoms. The molecule has 0 saturated heterocycles. The second-order valence-corrected chi connectivity index (χ2v) is 17.2. The summed E-state index contributed by atoms with van der Waals surface area (Å²) in [6.45, 7) is 5.08. The van der Waals surface area contributed by atoms with Crippen molar-refractivity contribution in [2.45, 2.75) is 45.2 Å². The standard InChI is InChI=1S/C55H44N4/c1-55(2)46-20-10-7-17-40(46)44-30-37(23-27-47(44)55)54(42-19-8-11-21-48(42)56)57-33-58-50-28-24-34-13-5-6-16-39(34)53(50)43-26-25-38(32-51(43)58)59-49-22-12-9-18-41(49)45-29-35-14-3-4-15-36(35)31-52(45)59/h4-13,15-28,30-32,35H,3,14,29,33,56H2,1-2H3. The Balaban J connectivity index is 1.08. The molecule has 12 rings (SSSR count). The quantitative estimate of drug-likeness (QED) is 0.138. The molecule has 2 N–H and O–H groups in total. The Morgan fingerprint density at radius 3 is 2.42 bits per heavy atom. The molecule has 0 bridgehead atoms. The van der Waals surface area contributed by atoms with Gasteiger partial charge in [0.05, 0.1) is 28.0 Å². The number of aromatic nitrogens is 2. The molecule has 2 aromatic heterocycles. The molecule has 0 radical (unpaired) electrons. The van der Waals surface area contributed by atoms with Gasteiger partial charge in [0.1, 0.15) is 6.67 Å². The number of rotatable bonds is 5. The molecule has 0 amide bonds. The number of nitrogen functional groups attached to an aromatic ring is 1. The zero-order valence-electron chi connectivity index (χ0n) is 33.4. The van der Waals surface area contributed by atoms with E-state index in [0.29, 0.717) is 12.6 Å². The van der Waals surface area contributed by atoms with Crippen LogP contribution in [0.2, 0.25) is 0 Å². The highest BCUT2D eigenvalue weighted by molar-refractivity contribution is 6.21. The summed E-state index contributed by atoms with van der Waals surface area (Å²) in [5, 5.41) is 6.33. The van der Waals surface area contributed by atoms with Crippen molar-refractivity contribution in [3.63, 3.8) is 0 Å². The van der Waals surface area contributed by atoms with Crippen LogP contribution >= 0.6 is 0 Å². The molecule has 7 aromatic carbocycles. The van der Waals surface area contributed by atoms with E-state index in [2.05, 4.69) is 175 Å². The Morgan fingerprint density at radius 2 is 1.51 bits per heavy atom. The Labute approximate surface area is 344 Å². The average Bonchev–Trinajstić information content (AvgIpc) is 3.85. The summed E-state index contributed by atoms with van der Waals surface area (Å²) in [6.07, 6.45) is 10.6. The molecule has 3 aliphatic carbocycles. The van der Waals surface area contributed by atoms with Gasteiger partial charge < -0.3 is 14.9 Å². The van der Waals surface area contributed by atoms with Gasteiger partial charge in [0.2, 0.25) is 0 Å². The largest absolute Gasteiger partial charge is 0.398 e. The maximum atomic E-state index is 6.80. The lowest BCUT2D eigenvalue weighted by molar-refractivity contribution is 0.558. The smallest absolute Gasteiger partial charge is 0.115 e. The SMILES string of the molecule is CC1(C)c2ccccc2-c2cc(C(=NCn3c4cc(-n5c6c(c7ccccc75)CC5CCC=CC5=C6)ccc4c4c5ccccc5ccc43)c3ccccc3N)ccc21. The minimum atomic E-state index is -0.0768. The van der Waals surface area contributed by atoms with Crippen molar-refractivity contribution in [3.05, 3.63) is 197 Å². The Kier molecular flexibility index (Phi) is 7.41. The van der Waals surface area contributed by atoms with E-state index in [4.69, 9.17) is 10.7 Å². The molecular weight excluding hydrogens is 717 g/mol. The zero-order valence-corrected chi connectivity index (χ0v) is 33.4. The fourth-order valence-corrected chi connectivity index (χ4v) is 10.8. The highest BCUT2D eigenvalue weighted by Gasteiger charge is 2.35. The summed E-state index contributed by atoms with van der Waals surface area (Å²) in [7, 11) is 0. The van der Waals surface area contributed by atoms with Crippen molar-refractivity contribution in [3.8, 4) is 16.8 Å². The Morgan fingerprint density at radius 1 is 0.712 bits per heavy atom. The van der Waals surface area contributed by atoms with Gasteiger partial charge in [-0.3, -0.25) is 4.99 Å². The number of nitrogens with zero attached hydrogens (tertiary/aromatic N) is 3. The van der Waals surface area contributed by atoms with E-state index in [9.17, 15) is 0 Å². The van der Waals surface area contributed by atoms with Crippen LogP contribution in [0.1, 0.15) is 60.2 Å². The highest BCUT2D eigenvalue weighted by Crippen LogP contribution is 2.49. The molecule has 4 nitrogen and oxygen atoms in total. The third kappa shape index (κ3) is 5.05. The van der Waals surface area contributed by atoms with Crippen LogP contribution in [-0.2, 0) is 18.5 Å². The normalized spacial score (nSPS) is 16.7. The monoisotopic (exact) mass is 760 g/mol. The van der Waals surface area contributed by atoms with E-state index < -0.39 is 0 Å². The van der Waals surface area contributed by atoms with Crippen molar-refractivity contribution >= 4 is 61.0 Å². The van der Waals surface area contributed by atoms with Crippen LogP contribution in [0.4, 0.5) is 5.69 Å². The van der Waals surface area contributed by atoms with Gasteiger partial charge >= 0.3 is 0 Å². The van der Waals surface area contributed by atoms with E-state index in [-0.39, 0.29) is 5.41 Å². The second kappa shape index (κ2) is 12.8. The van der Waals surface area contributed by atoms with E-state index >= 15 is 0 Å². The highest BCUT2D eigenvalue weighted by atomic mass is 15.1. The van der Waals surface area contributed by atoms with Crippen LogP contribution in [-0.4, -0.2) is 14.8 Å². The predicted molar refractivity (Wildman–Crippen MR) is 248 cm³/mol. The number of fused-ring (bicyclic) bond motifs is 12. The fourth-order valence-electron chi connectivity index (χ4n) is 10.8. The molecule has 0 fully saturated rings. The lowest BCUT2D eigenvalue weighted by Gasteiger charge is -2.26. The molecule has 1 unspecified atom stereocenters. The van der Waals surface area contributed by atoms with Crippen LogP contribution in [0.3, 0.4) is 0 Å². The van der Waals surface area contributed by atoms with Crippen molar-refractivity contribution in [1.29, 1.82) is 0 Å². The van der Waals surface area contributed by atoms with Crippen molar-refractivity contribution in [2.24, 2.45) is 10.9 Å². The molecule has 59 heavy (non-hydrogen) atoms. The Hall–Kier alpha value is -6.91. The summed E-state index contributed by atoms with van der Waals surface area (Å²) in [4.78, 5) is 5.60. The summed E-state index contributed by atoms with van der Waals surface area (Å²) in [5.41, 5.74) is 24.6. The number of benzene rings is 7.